The highest BCUT2D eigenvalue weighted by molar-refractivity contribution is 6.22. The summed E-state index contributed by atoms with van der Waals surface area (Å²) in [7, 11) is 0. The van der Waals surface area contributed by atoms with Gasteiger partial charge in [0.2, 0.25) is 0 Å². The van der Waals surface area contributed by atoms with Gasteiger partial charge in [0.25, 0.3) is 0 Å². The Morgan fingerprint density at radius 3 is 1.50 bits per heavy atom. The van der Waals surface area contributed by atoms with E-state index < -0.39 is 0 Å². The van der Waals surface area contributed by atoms with E-state index in [1.165, 1.54) is 65.4 Å². The third-order valence-corrected chi connectivity index (χ3v) is 10.6. The van der Waals surface area contributed by atoms with E-state index >= 15 is 0 Å². The van der Waals surface area contributed by atoms with Crippen LogP contribution in [0.4, 0.5) is 0 Å². The number of hydrogen-bond acceptors (Lipinski definition) is 1. The first-order valence-corrected chi connectivity index (χ1v) is 17.2. The van der Waals surface area contributed by atoms with Gasteiger partial charge in [0.15, 0.2) is 0 Å². The molecule has 0 bridgehead atoms. The molecule has 0 spiro atoms. The monoisotopic (exact) mass is 635 g/mol. The number of nitrogens with zero attached hydrogens (tertiary/aromatic N) is 1. The molecule has 0 saturated carbocycles. The molecule has 11 aromatic rings. The van der Waals surface area contributed by atoms with Gasteiger partial charge in [-0.15, -0.1) is 0 Å². The van der Waals surface area contributed by atoms with Crippen molar-refractivity contribution < 1.29 is 4.42 Å². The number of aromatic nitrogens is 1. The van der Waals surface area contributed by atoms with E-state index in [9.17, 15) is 0 Å². The van der Waals surface area contributed by atoms with Crippen molar-refractivity contribution in [2.24, 2.45) is 0 Å². The molecule has 2 nitrogen and oxygen atoms in total. The molecule has 232 valence electrons. The molecule has 0 N–H and O–H groups in total. The molecule has 0 amide bonds. The molecule has 0 radical (unpaired) electrons. The Labute approximate surface area is 288 Å². The Balaban J connectivity index is 1.16. The van der Waals surface area contributed by atoms with E-state index in [0.717, 1.165) is 38.6 Å². The smallest absolute Gasteiger partial charge is 0.143 e. The second-order valence-corrected chi connectivity index (χ2v) is 13.2. The molecule has 2 heterocycles. The summed E-state index contributed by atoms with van der Waals surface area (Å²) in [6.45, 7) is 0. The Kier molecular flexibility index (Phi) is 5.70. The lowest BCUT2D eigenvalue weighted by Crippen LogP contribution is -1.95. The topological polar surface area (TPSA) is 18.1 Å². The molecule has 0 unspecified atom stereocenters. The molecule has 0 atom stereocenters. The third kappa shape index (κ3) is 3.85. The lowest BCUT2D eigenvalue weighted by Gasteiger charge is -2.18. The first-order valence-electron chi connectivity index (χ1n) is 17.2. The minimum absolute atomic E-state index is 0.907. The van der Waals surface area contributed by atoms with E-state index in [1.54, 1.807) is 0 Å². The predicted octanol–water partition coefficient (Wildman–Crippen LogP) is 13.5. The second kappa shape index (κ2) is 10.4. The van der Waals surface area contributed by atoms with Crippen molar-refractivity contribution in [1.29, 1.82) is 0 Å². The average molecular weight is 636 g/mol. The van der Waals surface area contributed by atoms with Gasteiger partial charge in [0.05, 0.1) is 11.0 Å². The van der Waals surface area contributed by atoms with Crippen LogP contribution >= 0.6 is 0 Å². The number of hydrogen-bond donors (Lipinski definition) is 0. The highest BCUT2D eigenvalue weighted by Crippen LogP contribution is 2.45. The SMILES string of the molecule is c1cc(-c2c3ccccc3c(-c3ccc4c(c3)oc3c5ccccc5ccc43)c3ccccc23)cc(-n2c3ccccc3c3ccccc32)c1. The largest absolute Gasteiger partial charge is 0.455 e. The summed E-state index contributed by atoms with van der Waals surface area (Å²) in [5, 5.41) is 12.1. The Morgan fingerprint density at radius 1 is 0.340 bits per heavy atom. The summed E-state index contributed by atoms with van der Waals surface area (Å²) >= 11 is 0. The zero-order valence-corrected chi connectivity index (χ0v) is 27.1. The molecule has 2 aromatic heterocycles. The summed E-state index contributed by atoms with van der Waals surface area (Å²) in [6.07, 6.45) is 0. The molecular formula is C48H29NO. The van der Waals surface area contributed by atoms with Crippen molar-refractivity contribution in [1.82, 2.24) is 4.57 Å². The molecule has 0 aliphatic rings. The summed E-state index contributed by atoms with van der Waals surface area (Å²) in [5.41, 5.74) is 10.3. The van der Waals surface area contributed by atoms with Crippen molar-refractivity contribution in [3.05, 3.63) is 176 Å². The van der Waals surface area contributed by atoms with Gasteiger partial charge in [-0.1, -0.05) is 133 Å². The fraction of sp³-hybridized carbons (Fsp3) is 0. The minimum atomic E-state index is 0.907. The van der Waals surface area contributed by atoms with Gasteiger partial charge < -0.3 is 8.98 Å². The lowest BCUT2D eigenvalue weighted by molar-refractivity contribution is 0.673. The maximum atomic E-state index is 6.65. The first-order chi connectivity index (χ1) is 24.8. The molecule has 0 fully saturated rings. The zero-order valence-electron chi connectivity index (χ0n) is 27.1. The molecule has 0 aliphatic heterocycles. The molecule has 50 heavy (non-hydrogen) atoms. The van der Waals surface area contributed by atoms with Gasteiger partial charge >= 0.3 is 0 Å². The van der Waals surface area contributed by atoms with Crippen LogP contribution in [0.1, 0.15) is 0 Å². The average Bonchev–Trinajstić information content (AvgIpc) is 3.73. The van der Waals surface area contributed by atoms with E-state index in [2.05, 4.69) is 180 Å². The third-order valence-electron chi connectivity index (χ3n) is 10.6. The van der Waals surface area contributed by atoms with Gasteiger partial charge in [-0.2, -0.15) is 0 Å². The summed E-state index contributed by atoms with van der Waals surface area (Å²) in [4.78, 5) is 0. The molecule has 9 aromatic carbocycles. The van der Waals surface area contributed by atoms with Gasteiger partial charge in [0, 0.05) is 32.6 Å². The number of rotatable bonds is 3. The van der Waals surface area contributed by atoms with Crippen molar-refractivity contribution in [3.63, 3.8) is 0 Å². The van der Waals surface area contributed by atoms with E-state index in [1.807, 2.05) is 0 Å². The van der Waals surface area contributed by atoms with Crippen LogP contribution in [0, 0.1) is 0 Å². The summed E-state index contributed by atoms with van der Waals surface area (Å²) in [5.74, 6) is 0. The summed E-state index contributed by atoms with van der Waals surface area (Å²) < 4.78 is 9.05. The normalized spacial score (nSPS) is 12.0. The highest BCUT2D eigenvalue weighted by Gasteiger charge is 2.19. The van der Waals surface area contributed by atoms with Crippen LogP contribution < -0.4 is 0 Å². The maximum Gasteiger partial charge on any atom is 0.143 e. The first kappa shape index (κ1) is 27.3. The quantitative estimate of drug-likeness (QED) is 0.177. The molecular weight excluding hydrogens is 607 g/mol. The van der Waals surface area contributed by atoms with Crippen molar-refractivity contribution in [2.75, 3.05) is 0 Å². The highest BCUT2D eigenvalue weighted by atomic mass is 16.3. The van der Waals surface area contributed by atoms with Gasteiger partial charge in [-0.3, -0.25) is 0 Å². The number of para-hydroxylation sites is 2. The van der Waals surface area contributed by atoms with Crippen LogP contribution in [-0.2, 0) is 0 Å². The lowest BCUT2D eigenvalue weighted by atomic mass is 9.86. The molecule has 2 heteroatoms. The Morgan fingerprint density at radius 2 is 0.860 bits per heavy atom. The fourth-order valence-corrected chi connectivity index (χ4v) is 8.41. The maximum absolute atomic E-state index is 6.65. The zero-order chi connectivity index (χ0) is 32.8. The standard InChI is InChI=1S/C48H29NO/c1-2-15-34-30(12-1)24-27-42-37-26-25-32(29-45(37)50-48(34)42)47-40-20-5-3-18-38(40)46(39-19-4-6-21-41(39)47)31-13-11-14-33(28-31)49-43-22-9-7-16-35(43)36-17-8-10-23-44(36)49/h1-29H. The van der Waals surface area contributed by atoms with Crippen LogP contribution in [0.2, 0.25) is 0 Å². The fourth-order valence-electron chi connectivity index (χ4n) is 8.41. The number of fused-ring (bicyclic) bond motifs is 10. The van der Waals surface area contributed by atoms with Gasteiger partial charge in [-0.25, -0.2) is 0 Å². The van der Waals surface area contributed by atoms with E-state index in [0.29, 0.717) is 0 Å². The number of furan rings is 1. The van der Waals surface area contributed by atoms with Gasteiger partial charge in [0.1, 0.15) is 11.2 Å². The molecule has 11 rings (SSSR count). The van der Waals surface area contributed by atoms with E-state index in [-0.39, 0.29) is 0 Å². The van der Waals surface area contributed by atoms with Crippen LogP contribution in [0.3, 0.4) is 0 Å². The van der Waals surface area contributed by atoms with Crippen LogP contribution in [-0.4, -0.2) is 4.57 Å². The van der Waals surface area contributed by atoms with Gasteiger partial charge in [-0.05, 0) is 91.6 Å². The van der Waals surface area contributed by atoms with E-state index in [4.69, 9.17) is 4.42 Å². The number of benzene rings is 9. The van der Waals surface area contributed by atoms with Crippen LogP contribution in [0.25, 0.3) is 104 Å². The van der Waals surface area contributed by atoms with Crippen LogP contribution in [0.15, 0.2) is 180 Å². The Bertz CT molecular complexity index is 3050. The molecule has 0 saturated heterocycles. The predicted molar refractivity (Wildman–Crippen MR) is 211 cm³/mol. The Hall–Kier alpha value is -6.64. The van der Waals surface area contributed by atoms with Crippen molar-refractivity contribution in [2.45, 2.75) is 0 Å². The second-order valence-electron chi connectivity index (χ2n) is 13.2. The minimum Gasteiger partial charge on any atom is -0.455 e. The summed E-state index contributed by atoms with van der Waals surface area (Å²) in [6, 6.07) is 63.8. The van der Waals surface area contributed by atoms with Crippen molar-refractivity contribution in [3.8, 4) is 27.9 Å². The van der Waals surface area contributed by atoms with Crippen LogP contribution in [0.5, 0.6) is 0 Å². The molecule has 0 aliphatic carbocycles. The van der Waals surface area contributed by atoms with Crippen molar-refractivity contribution >= 4 is 76.1 Å².